The fourth-order valence-corrected chi connectivity index (χ4v) is 2.47. The van der Waals surface area contributed by atoms with Gasteiger partial charge in [-0.2, -0.15) is 70.2 Å². The first kappa shape index (κ1) is 32.6. The number of hydrogen-bond acceptors (Lipinski definition) is 1. The van der Waals surface area contributed by atoms with Gasteiger partial charge in [0.1, 0.15) is 0 Å². The molecule has 0 spiro atoms. The van der Waals surface area contributed by atoms with Gasteiger partial charge in [-0.15, -0.1) is 0 Å². The Labute approximate surface area is 185 Å². The Bertz CT molecular complexity index is 726. The molecule has 0 aliphatic heterocycles. The first-order chi connectivity index (χ1) is 14.7. The maximum absolute atomic E-state index is 13.9. The molecule has 34 heavy (non-hydrogen) atoms. The van der Waals surface area contributed by atoms with Crippen LogP contribution in [-0.4, -0.2) is 70.7 Å². The van der Waals surface area contributed by atoms with Crippen LogP contribution in [0.1, 0.15) is 26.7 Å². The third-order valence-electron chi connectivity index (χ3n) is 4.26. The van der Waals surface area contributed by atoms with Crippen LogP contribution in [0.5, 0.6) is 0 Å². The third kappa shape index (κ3) is 4.47. The zero-order chi connectivity index (χ0) is 28.0. The van der Waals surface area contributed by atoms with Crippen LogP contribution in [0.3, 0.4) is 0 Å². The molecule has 0 bridgehead atoms. The second-order valence-corrected chi connectivity index (χ2v) is 7.29. The Morgan fingerprint density at radius 2 is 0.824 bits per heavy atom. The minimum Gasteiger partial charge on any atom is -0.337 e. The van der Waals surface area contributed by atoms with Gasteiger partial charge in [0, 0.05) is 13.1 Å². The van der Waals surface area contributed by atoms with Crippen molar-refractivity contribution in [2.75, 3.05) is 13.1 Å². The summed E-state index contributed by atoms with van der Waals surface area (Å²) >= 11 is 3.43. The summed E-state index contributed by atoms with van der Waals surface area (Å²) in [7, 11) is 0. The van der Waals surface area contributed by atoms with Crippen LogP contribution in [0.15, 0.2) is 0 Å². The van der Waals surface area contributed by atoms with Crippen LogP contribution in [0.2, 0.25) is 0 Å². The molecule has 0 unspecified atom stereocenters. The van der Waals surface area contributed by atoms with Crippen molar-refractivity contribution in [3.63, 3.8) is 0 Å². The summed E-state index contributed by atoms with van der Waals surface area (Å²) in [5, 5.41) is -6.84. The molecular formula is C15H14ClF16NO. The maximum atomic E-state index is 13.9. The number of rotatable bonds is 12. The van der Waals surface area contributed by atoms with Crippen LogP contribution in [0.4, 0.5) is 70.2 Å². The van der Waals surface area contributed by atoms with Gasteiger partial charge in [-0.1, -0.05) is 13.8 Å². The highest BCUT2D eigenvalue weighted by Gasteiger charge is 2.95. The van der Waals surface area contributed by atoms with Gasteiger partial charge in [0.15, 0.2) is 0 Å². The van der Waals surface area contributed by atoms with E-state index < -0.39 is 65.8 Å². The molecule has 2 nitrogen and oxygen atoms in total. The van der Waals surface area contributed by atoms with E-state index in [4.69, 9.17) is 0 Å². The van der Waals surface area contributed by atoms with Crippen molar-refractivity contribution in [1.82, 2.24) is 4.90 Å². The van der Waals surface area contributed by atoms with Crippen LogP contribution in [-0.2, 0) is 4.79 Å². The number of carbonyl (C=O) groups excluding carboxylic acids is 1. The number of carbonyl (C=O) groups is 1. The van der Waals surface area contributed by atoms with Crippen molar-refractivity contribution in [2.45, 2.75) is 73.5 Å². The van der Waals surface area contributed by atoms with E-state index in [0.717, 1.165) is 13.8 Å². The molecule has 1 amide bonds. The fraction of sp³-hybridized carbons (Fsp3) is 0.933. The van der Waals surface area contributed by atoms with E-state index in [2.05, 4.69) is 11.6 Å². The van der Waals surface area contributed by atoms with Crippen molar-refractivity contribution in [3.05, 3.63) is 0 Å². The zero-order valence-corrected chi connectivity index (χ0v) is 17.4. The summed E-state index contributed by atoms with van der Waals surface area (Å²) in [5.74, 6) is -59.9. The summed E-state index contributed by atoms with van der Waals surface area (Å²) in [6.07, 6.45) is -0.599. The maximum Gasteiger partial charge on any atom is 0.393 e. The number of amides is 1. The molecule has 0 saturated heterocycles. The van der Waals surface area contributed by atoms with E-state index in [1.807, 2.05) is 0 Å². The molecule has 0 saturated carbocycles. The van der Waals surface area contributed by atoms with Crippen LogP contribution >= 0.6 is 11.6 Å². The molecule has 19 heteroatoms. The first-order valence-electron chi connectivity index (χ1n) is 8.69. The number of nitrogens with zero attached hydrogens (tertiary/aromatic N) is 1. The molecule has 0 aliphatic carbocycles. The minimum atomic E-state index is -8.58. The van der Waals surface area contributed by atoms with Gasteiger partial charge in [-0.25, -0.2) is 0 Å². The quantitative estimate of drug-likeness (QED) is 0.187. The highest BCUT2D eigenvalue weighted by atomic mass is 35.5. The van der Waals surface area contributed by atoms with Crippen molar-refractivity contribution in [3.8, 4) is 0 Å². The van der Waals surface area contributed by atoms with Gasteiger partial charge < -0.3 is 4.90 Å². The predicted molar refractivity (Wildman–Crippen MR) is 82.6 cm³/mol. The molecule has 0 aromatic heterocycles. The highest BCUT2D eigenvalue weighted by Crippen LogP contribution is 2.64. The number of hydrogen-bond donors (Lipinski definition) is 0. The monoisotopic (exact) mass is 563 g/mol. The average Bonchev–Trinajstić information content (AvgIpc) is 2.65. The first-order valence-corrected chi connectivity index (χ1v) is 9.07. The fourth-order valence-electron chi connectivity index (χ4n) is 2.35. The molecule has 0 aliphatic rings. The van der Waals surface area contributed by atoms with E-state index in [0.29, 0.717) is 0 Å². The lowest BCUT2D eigenvalue weighted by atomic mass is 9.88. The van der Waals surface area contributed by atoms with Crippen LogP contribution in [0, 0.1) is 0 Å². The van der Waals surface area contributed by atoms with Gasteiger partial charge in [-0.05, 0) is 24.4 Å². The summed E-state index contributed by atoms with van der Waals surface area (Å²) in [5.41, 5.74) is 0. The van der Waals surface area contributed by atoms with Crippen LogP contribution in [0.25, 0.3) is 0 Å². The summed E-state index contributed by atoms with van der Waals surface area (Å²) in [4.78, 5) is 11.4. The van der Waals surface area contributed by atoms with E-state index in [1.165, 1.54) is 0 Å². The number of alkyl halides is 17. The molecule has 0 radical (unpaired) electrons. The smallest absolute Gasteiger partial charge is 0.337 e. The highest BCUT2D eigenvalue weighted by molar-refractivity contribution is 6.22. The Kier molecular flexibility index (Phi) is 8.89. The van der Waals surface area contributed by atoms with E-state index >= 15 is 0 Å². The van der Waals surface area contributed by atoms with Crippen molar-refractivity contribution in [2.24, 2.45) is 0 Å². The third-order valence-corrected chi connectivity index (χ3v) is 4.50. The topological polar surface area (TPSA) is 20.3 Å². The molecule has 204 valence electrons. The van der Waals surface area contributed by atoms with Gasteiger partial charge in [0.05, 0.1) is 0 Å². The molecule has 0 N–H and O–H groups in total. The lowest BCUT2D eigenvalue weighted by Gasteiger charge is -2.43. The van der Waals surface area contributed by atoms with Gasteiger partial charge in [-0.3, -0.25) is 4.79 Å². The molecule has 0 aromatic rings. The molecule has 0 heterocycles. The lowest BCUT2D eigenvalue weighted by molar-refractivity contribution is -0.446. The Morgan fingerprint density at radius 3 is 1.09 bits per heavy atom. The normalized spacial score (nSPS) is 15.5. The molecule has 0 atom stereocenters. The zero-order valence-electron chi connectivity index (χ0n) is 16.6. The second-order valence-electron chi connectivity index (χ2n) is 6.81. The largest absolute Gasteiger partial charge is 0.393 e. The molecule has 0 fully saturated rings. The van der Waals surface area contributed by atoms with Crippen LogP contribution < -0.4 is 0 Å². The molecule has 0 aromatic carbocycles. The van der Waals surface area contributed by atoms with Gasteiger partial charge in [0.2, 0.25) is 0 Å². The lowest BCUT2D eigenvalue weighted by Crippen LogP contribution is -2.75. The summed E-state index contributed by atoms with van der Waals surface area (Å²) < 4.78 is 215. The second kappa shape index (κ2) is 9.26. The Balaban J connectivity index is 6.79. The van der Waals surface area contributed by atoms with E-state index in [1.54, 1.807) is 0 Å². The number of halogens is 17. The van der Waals surface area contributed by atoms with Crippen molar-refractivity contribution >= 4 is 17.5 Å². The SMILES string of the molecule is CCCN(CCC)C(=O)C(F)(F)C(F)(F)C(F)(F)C(F)(F)C(F)(F)C(F)(F)C(F)(F)C(F)(F)Cl. The Morgan fingerprint density at radius 1 is 0.559 bits per heavy atom. The predicted octanol–water partition coefficient (Wildman–Crippen LogP) is 6.91. The minimum absolute atomic E-state index is 0.267. The average molecular weight is 564 g/mol. The summed E-state index contributed by atoms with van der Waals surface area (Å²) in [6, 6.07) is 0. The standard InChI is InChI=1S/C15H14ClF16NO/c1-3-5-33(6-4-2)7(34)8(17,18)9(19,20)10(21,22)11(23,24)12(25,26)13(27,28)14(29,30)15(16,31)32/h3-6H2,1-2H3. The summed E-state index contributed by atoms with van der Waals surface area (Å²) in [6.45, 7) is 0.548. The molecular weight excluding hydrogens is 550 g/mol. The van der Waals surface area contributed by atoms with Gasteiger partial charge >= 0.3 is 46.8 Å². The van der Waals surface area contributed by atoms with Crippen molar-refractivity contribution < 1.29 is 75.0 Å². The van der Waals surface area contributed by atoms with Crippen molar-refractivity contribution in [1.29, 1.82) is 0 Å². The van der Waals surface area contributed by atoms with E-state index in [-0.39, 0.29) is 17.7 Å². The van der Waals surface area contributed by atoms with Gasteiger partial charge in [0.25, 0.3) is 5.91 Å². The van der Waals surface area contributed by atoms with E-state index in [9.17, 15) is 75.0 Å². The Hall–Kier alpha value is -1.36. The molecule has 0 rings (SSSR count).